The van der Waals surface area contributed by atoms with Crippen molar-refractivity contribution in [1.82, 2.24) is 0 Å². The number of carbonyl (C=O) groups is 4. The summed E-state index contributed by atoms with van der Waals surface area (Å²) < 4.78 is 5.04. The van der Waals surface area contributed by atoms with Gasteiger partial charge >= 0.3 is 5.97 Å². The average molecular weight is 399 g/mol. The minimum absolute atomic E-state index is 0.230. The Kier molecular flexibility index (Phi) is 4.98. The summed E-state index contributed by atoms with van der Waals surface area (Å²) >= 11 is 0. The third kappa shape index (κ3) is 3.63. The van der Waals surface area contributed by atoms with E-state index in [0.717, 1.165) is 5.56 Å². The van der Waals surface area contributed by atoms with Crippen molar-refractivity contribution in [2.75, 3.05) is 11.9 Å². The Bertz CT molecular complexity index is 1210. The third-order valence-corrected chi connectivity index (χ3v) is 4.80. The van der Waals surface area contributed by atoms with Crippen LogP contribution in [-0.4, -0.2) is 30.0 Å². The van der Waals surface area contributed by atoms with Crippen LogP contribution in [0, 0.1) is 6.92 Å². The standard InChI is InChI=1S/C24H17NO5/c1-14-5-4-6-15(11-14)24(29)30-13-21(26)25-16-9-10-19-20(12-16)23(28)18-8-3-2-7-17(18)22(19)27/h2-12H,13H2,1H3,(H,25,26). The van der Waals surface area contributed by atoms with Crippen LogP contribution in [0.15, 0.2) is 66.7 Å². The van der Waals surface area contributed by atoms with E-state index >= 15 is 0 Å². The van der Waals surface area contributed by atoms with Crippen molar-refractivity contribution in [3.05, 3.63) is 100 Å². The van der Waals surface area contributed by atoms with E-state index < -0.39 is 18.5 Å². The number of hydrogen-bond donors (Lipinski definition) is 1. The highest BCUT2D eigenvalue weighted by Gasteiger charge is 2.29. The van der Waals surface area contributed by atoms with Crippen LogP contribution < -0.4 is 5.32 Å². The van der Waals surface area contributed by atoms with E-state index in [9.17, 15) is 19.2 Å². The summed E-state index contributed by atoms with van der Waals surface area (Å²) in [6.07, 6.45) is 0. The lowest BCUT2D eigenvalue weighted by Gasteiger charge is -2.18. The van der Waals surface area contributed by atoms with Gasteiger partial charge in [0, 0.05) is 27.9 Å². The maximum atomic E-state index is 12.8. The predicted octanol–water partition coefficient (Wildman–Crippen LogP) is 3.57. The van der Waals surface area contributed by atoms with Gasteiger partial charge in [0.25, 0.3) is 5.91 Å². The SMILES string of the molecule is Cc1cccc(C(=O)OCC(=O)Nc2ccc3c(c2)C(=O)c2ccccc2C3=O)c1. The Hall–Kier alpha value is -4.06. The fraction of sp³-hybridized carbons (Fsp3) is 0.0833. The van der Waals surface area contributed by atoms with E-state index in [1.807, 2.05) is 13.0 Å². The summed E-state index contributed by atoms with van der Waals surface area (Å²) in [4.78, 5) is 49.6. The zero-order valence-corrected chi connectivity index (χ0v) is 16.1. The molecule has 6 nitrogen and oxygen atoms in total. The van der Waals surface area contributed by atoms with Crippen LogP contribution in [0.4, 0.5) is 5.69 Å². The lowest BCUT2D eigenvalue weighted by molar-refractivity contribution is -0.119. The van der Waals surface area contributed by atoms with Crippen LogP contribution >= 0.6 is 0 Å². The van der Waals surface area contributed by atoms with Gasteiger partial charge in [0.1, 0.15) is 0 Å². The molecule has 0 bridgehead atoms. The lowest BCUT2D eigenvalue weighted by atomic mass is 9.84. The number of esters is 1. The van der Waals surface area contributed by atoms with E-state index in [0.29, 0.717) is 27.9 Å². The van der Waals surface area contributed by atoms with Gasteiger partial charge < -0.3 is 10.1 Å². The molecule has 3 aromatic carbocycles. The first-order valence-corrected chi connectivity index (χ1v) is 9.30. The van der Waals surface area contributed by atoms with E-state index in [1.54, 1.807) is 42.5 Å². The smallest absolute Gasteiger partial charge is 0.338 e. The lowest BCUT2D eigenvalue weighted by Crippen LogP contribution is -2.23. The molecule has 0 unspecified atom stereocenters. The molecule has 0 saturated carbocycles. The molecule has 6 heteroatoms. The van der Waals surface area contributed by atoms with Crippen molar-refractivity contribution < 1.29 is 23.9 Å². The summed E-state index contributed by atoms with van der Waals surface area (Å²) in [5, 5.41) is 2.59. The van der Waals surface area contributed by atoms with Gasteiger partial charge in [-0.15, -0.1) is 0 Å². The zero-order chi connectivity index (χ0) is 21.3. The first kappa shape index (κ1) is 19.3. The normalized spacial score (nSPS) is 12.0. The number of rotatable bonds is 4. The topological polar surface area (TPSA) is 89.5 Å². The molecule has 0 aromatic heterocycles. The van der Waals surface area contributed by atoms with Gasteiger partial charge in [-0.2, -0.15) is 0 Å². The molecule has 30 heavy (non-hydrogen) atoms. The minimum Gasteiger partial charge on any atom is -0.452 e. The highest BCUT2D eigenvalue weighted by molar-refractivity contribution is 6.28. The second kappa shape index (κ2) is 7.75. The number of nitrogens with one attached hydrogen (secondary N) is 1. The fourth-order valence-corrected chi connectivity index (χ4v) is 3.36. The maximum absolute atomic E-state index is 12.8. The molecule has 0 spiro atoms. The third-order valence-electron chi connectivity index (χ3n) is 4.80. The number of fused-ring (bicyclic) bond motifs is 2. The molecule has 0 saturated heterocycles. The highest BCUT2D eigenvalue weighted by atomic mass is 16.5. The number of amides is 1. The Morgan fingerprint density at radius 3 is 2.17 bits per heavy atom. The van der Waals surface area contributed by atoms with Crippen LogP contribution in [0.2, 0.25) is 0 Å². The van der Waals surface area contributed by atoms with Crippen LogP contribution in [0.1, 0.15) is 47.8 Å². The van der Waals surface area contributed by atoms with Crippen LogP contribution in [0.3, 0.4) is 0 Å². The summed E-state index contributed by atoms with van der Waals surface area (Å²) in [5.41, 5.74) is 2.84. The first-order chi connectivity index (χ1) is 14.4. The number of anilines is 1. The highest BCUT2D eigenvalue weighted by Crippen LogP contribution is 2.29. The zero-order valence-electron chi connectivity index (χ0n) is 16.1. The van der Waals surface area contributed by atoms with E-state index in [4.69, 9.17) is 4.74 Å². The molecule has 0 heterocycles. The molecule has 1 N–H and O–H groups in total. The molecule has 148 valence electrons. The molecule has 0 aliphatic heterocycles. The van der Waals surface area contributed by atoms with Gasteiger partial charge in [-0.25, -0.2) is 4.79 Å². The van der Waals surface area contributed by atoms with Gasteiger partial charge in [0.05, 0.1) is 5.56 Å². The minimum atomic E-state index is -0.600. The molecular weight excluding hydrogens is 382 g/mol. The van der Waals surface area contributed by atoms with Crippen molar-refractivity contribution in [1.29, 1.82) is 0 Å². The number of aryl methyl sites for hydroxylation is 1. The number of hydrogen-bond acceptors (Lipinski definition) is 5. The molecule has 0 fully saturated rings. The molecule has 1 amide bonds. The Balaban J connectivity index is 1.46. The fourth-order valence-electron chi connectivity index (χ4n) is 3.36. The van der Waals surface area contributed by atoms with Crippen molar-refractivity contribution in [3.8, 4) is 0 Å². The van der Waals surface area contributed by atoms with Crippen molar-refractivity contribution in [2.45, 2.75) is 6.92 Å². The molecule has 4 rings (SSSR count). The largest absolute Gasteiger partial charge is 0.452 e. The summed E-state index contributed by atoms with van der Waals surface area (Å²) in [5.74, 6) is -1.66. The number of benzene rings is 3. The molecular formula is C24H17NO5. The van der Waals surface area contributed by atoms with E-state index in [-0.39, 0.29) is 17.1 Å². The first-order valence-electron chi connectivity index (χ1n) is 9.30. The van der Waals surface area contributed by atoms with Gasteiger partial charge in [-0.3, -0.25) is 14.4 Å². The van der Waals surface area contributed by atoms with E-state index in [1.165, 1.54) is 18.2 Å². The number of carbonyl (C=O) groups excluding carboxylic acids is 4. The predicted molar refractivity (Wildman–Crippen MR) is 110 cm³/mol. The van der Waals surface area contributed by atoms with Crippen LogP contribution in [0.5, 0.6) is 0 Å². The average Bonchev–Trinajstić information content (AvgIpc) is 2.76. The van der Waals surface area contributed by atoms with Crippen LogP contribution in [0.25, 0.3) is 0 Å². The molecule has 0 atom stereocenters. The maximum Gasteiger partial charge on any atom is 0.338 e. The van der Waals surface area contributed by atoms with E-state index in [2.05, 4.69) is 5.32 Å². The Morgan fingerprint density at radius 2 is 1.47 bits per heavy atom. The summed E-state index contributed by atoms with van der Waals surface area (Å²) in [6.45, 7) is 1.38. The molecule has 1 aliphatic carbocycles. The summed E-state index contributed by atoms with van der Waals surface area (Å²) in [7, 11) is 0. The second-order valence-electron chi connectivity index (χ2n) is 6.96. The quantitative estimate of drug-likeness (QED) is 0.530. The Morgan fingerprint density at radius 1 is 0.800 bits per heavy atom. The molecule has 0 radical (unpaired) electrons. The Labute approximate surface area is 172 Å². The molecule has 3 aromatic rings. The van der Waals surface area contributed by atoms with Gasteiger partial charge in [-0.05, 0) is 37.3 Å². The van der Waals surface area contributed by atoms with Gasteiger partial charge in [0.15, 0.2) is 18.2 Å². The van der Waals surface area contributed by atoms with Gasteiger partial charge in [-0.1, -0.05) is 42.0 Å². The monoisotopic (exact) mass is 399 g/mol. The molecule has 1 aliphatic rings. The second-order valence-corrected chi connectivity index (χ2v) is 6.96. The summed E-state index contributed by atoms with van der Waals surface area (Å²) in [6, 6.07) is 18.0. The number of ketones is 2. The van der Waals surface area contributed by atoms with Crippen molar-refractivity contribution in [2.24, 2.45) is 0 Å². The van der Waals surface area contributed by atoms with Crippen molar-refractivity contribution >= 4 is 29.1 Å². The van der Waals surface area contributed by atoms with Crippen molar-refractivity contribution in [3.63, 3.8) is 0 Å². The van der Waals surface area contributed by atoms with Gasteiger partial charge in [0.2, 0.25) is 0 Å². The number of ether oxygens (including phenoxy) is 1. The van der Waals surface area contributed by atoms with Crippen LogP contribution in [-0.2, 0) is 9.53 Å².